The first-order chi connectivity index (χ1) is 9.28. The third-order valence-corrected chi connectivity index (χ3v) is 2.63. The van der Waals surface area contributed by atoms with Crippen LogP contribution in [0.4, 0.5) is 10.1 Å². The first kappa shape index (κ1) is 13.1. The van der Waals surface area contributed by atoms with Gasteiger partial charge in [-0.25, -0.2) is 4.39 Å². The number of nitrogen functional groups attached to an aromatic ring is 1. The summed E-state index contributed by atoms with van der Waals surface area (Å²) in [6.07, 6.45) is 4.02. The molecule has 0 fully saturated rings. The number of hydrogen-bond donors (Lipinski definition) is 1. The van der Waals surface area contributed by atoms with Gasteiger partial charge in [0.25, 0.3) is 0 Å². The first-order valence-corrected chi connectivity index (χ1v) is 6.10. The maximum absolute atomic E-state index is 11.9. The molecule has 0 saturated heterocycles. The van der Waals surface area contributed by atoms with E-state index in [1.54, 1.807) is 0 Å². The molecule has 0 aliphatic heterocycles. The summed E-state index contributed by atoms with van der Waals surface area (Å²) in [5.74, 6) is 0.683. The van der Waals surface area contributed by atoms with Gasteiger partial charge in [-0.2, -0.15) is 0 Å². The summed E-state index contributed by atoms with van der Waals surface area (Å²) in [6, 6.07) is 15.2. The molecule has 0 spiro atoms. The van der Waals surface area contributed by atoms with Crippen molar-refractivity contribution in [2.75, 3.05) is 19.0 Å². The van der Waals surface area contributed by atoms with E-state index in [0.29, 0.717) is 5.75 Å². The van der Waals surface area contributed by atoms with Gasteiger partial charge < -0.3 is 10.5 Å². The maximum atomic E-state index is 11.9. The van der Waals surface area contributed by atoms with Crippen molar-refractivity contribution in [1.82, 2.24) is 0 Å². The van der Waals surface area contributed by atoms with Gasteiger partial charge in [0.2, 0.25) is 0 Å². The lowest BCUT2D eigenvalue weighted by molar-refractivity contribution is 0.273. The third kappa shape index (κ3) is 4.14. The number of ether oxygens (including phenoxy) is 1. The first-order valence-electron chi connectivity index (χ1n) is 6.10. The molecule has 2 rings (SSSR count). The summed E-state index contributed by atoms with van der Waals surface area (Å²) in [5.41, 5.74) is 8.53. The average Bonchev–Trinajstić information content (AvgIpc) is 2.46. The summed E-state index contributed by atoms with van der Waals surface area (Å²) in [7, 11) is 0. The van der Waals surface area contributed by atoms with E-state index in [4.69, 9.17) is 10.5 Å². The van der Waals surface area contributed by atoms with Gasteiger partial charge in [0.1, 0.15) is 19.0 Å². The average molecular weight is 256 g/mol. The molecule has 2 N–H and O–H groups in total. The molecule has 98 valence electrons. The molecule has 2 nitrogen and oxygen atoms in total. The summed E-state index contributed by atoms with van der Waals surface area (Å²) in [5, 5.41) is 0. The number of halogens is 1. The van der Waals surface area contributed by atoms with E-state index in [-0.39, 0.29) is 6.61 Å². The zero-order chi connectivity index (χ0) is 13.5. The van der Waals surface area contributed by atoms with Crippen LogP contribution >= 0.6 is 0 Å². The number of rotatable bonds is 5. The highest BCUT2D eigenvalue weighted by molar-refractivity contribution is 5.70. The fourth-order valence-corrected chi connectivity index (χ4v) is 1.63. The standard InChI is InChI=1S/C16H16FNO/c17-11-12-19-16-9-5-14(6-10-16)2-1-13-3-7-15(18)8-4-13/h1-10H,11-12,18H2/b2-1+/i17-1. The van der Waals surface area contributed by atoms with Crippen molar-refractivity contribution in [3.63, 3.8) is 0 Å². The Morgan fingerprint density at radius 3 is 1.95 bits per heavy atom. The fraction of sp³-hybridized carbons (Fsp3) is 0.125. The van der Waals surface area contributed by atoms with E-state index in [2.05, 4.69) is 0 Å². The Morgan fingerprint density at radius 2 is 1.42 bits per heavy atom. The summed E-state index contributed by atoms with van der Waals surface area (Å²) < 4.78 is 17.1. The lowest BCUT2D eigenvalue weighted by Gasteiger charge is -2.03. The number of alkyl halides is 1. The second-order valence-electron chi connectivity index (χ2n) is 4.11. The van der Waals surface area contributed by atoms with E-state index >= 15 is 0 Å². The van der Waals surface area contributed by atoms with Gasteiger partial charge in [0.05, 0.1) is 0 Å². The molecule has 0 aliphatic carbocycles. The van der Waals surface area contributed by atoms with Crippen molar-refractivity contribution in [1.29, 1.82) is 0 Å². The molecule has 0 unspecified atom stereocenters. The van der Waals surface area contributed by atoms with Gasteiger partial charge in [0, 0.05) is 5.69 Å². The molecule has 3 heteroatoms. The van der Waals surface area contributed by atoms with Gasteiger partial charge in [-0.15, -0.1) is 0 Å². The van der Waals surface area contributed by atoms with E-state index in [0.717, 1.165) is 16.8 Å². The Hall–Kier alpha value is -2.29. The van der Waals surface area contributed by atoms with Gasteiger partial charge >= 0.3 is 0 Å². The van der Waals surface area contributed by atoms with E-state index in [9.17, 15) is 4.39 Å². The molecule has 0 aliphatic rings. The van der Waals surface area contributed by atoms with Crippen LogP contribution in [0.15, 0.2) is 48.5 Å². The molecule has 0 bridgehead atoms. The molecule has 2 aromatic rings. The van der Waals surface area contributed by atoms with Crippen LogP contribution in [-0.2, 0) is 0 Å². The predicted molar refractivity (Wildman–Crippen MR) is 77.7 cm³/mol. The summed E-state index contributed by atoms with van der Waals surface area (Å²) in [4.78, 5) is 0. The second kappa shape index (κ2) is 6.59. The molecule has 2 aromatic carbocycles. The van der Waals surface area contributed by atoms with Crippen molar-refractivity contribution in [2.45, 2.75) is 0 Å². The number of hydrogen-bond acceptors (Lipinski definition) is 2. The quantitative estimate of drug-likeness (QED) is 0.652. The van der Waals surface area contributed by atoms with E-state index in [1.165, 1.54) is 0 Å². The zero-order valence-electron chi connectivity index (χ0n) is 10.6. The molecule has 19 heavy (non-hydrogen) atoms. The predicted octanol–water partition coefficient (Wildman–Crippen LogP) is 3.79. The third-order valence-electron chi connectivity index (χ3n) is 2.63. The van der Waals surface area contributed by atoms with Crippen LogP contribution in [0.3, 0.4) is 0 Å². The lowest BCUT2D eigenvalue weighted by atomic mass is 10.1. The summed E-state index contributed by atoms with van der Waals surface area (Å²) >= 11 is 0. The van der Waals surface area contributed by atoms with Gasteiger partial charge in [-0.05, 0) is 35.4 Å². The van der Waals surface area contributed by atoms with Crippen LogP contribution in [0.5, 0.6) is 5.75 Å². The highest BCUT2D eigenvalue weighted by Gasteiger charge is 1.93. The molecular weight excluding hydrogens is 240 g/mol. The van der Waals surface area contributed by atoms with Crippen molar-refractivity contribution in [3.05, 3.63) is 59.7 Å². The van der Waals surface area contributed by atoms with Crippen molar-refractivity contribution in [2.24, 2.45) is 0 Å². The molecule has 0 heterocycles. The largest absolute Gasteiger partial charge is 0.491 e. The van der Waals surface area contributed by atoms with E-state index < -0.39 is 6.67 Å². The van der Waals surface area contributed by atoms with Crippen molar-refractivity contribution < 1.29 is 9.13 Å². The normalized spacial score (nSPS) is 10.8. The maximum Gasteiger partial charge on any atom is 0.123 e. The van der Waals surface area contributed by atoms with Crippen LogP contribution in [0.2, 0.25) is 0 Å². The van der Waals surface area contributed by atoms with Crippen LogP contribution in [-0.4, -0.2) is 13.3 Å². The zero-order valence-corrected chi connectivity index (χ0v) is 10.6. The molecule has 0 aromatic heterocycles. The Labute approximate surface area is 112 Å². The Bertz CT molecular complexity index is 532. The van der Waals surface area contributed by atoms with Gasteiger partial charge in [-0.3, -0.25) is 0 Å². The number of benzene rings is 2. The van der Waals surface area contributed by atoms with Crippen LogP contribution in [0.25, 0.3) is 12.2 Å². The topological polar surface area (TPSA) is 35.2 Å². The van der Waals surface area contributed by atoms with Crippen molar-refractivity contribution in [3.8, 4) is 5.75 Å². The smallest absolute Gasteiger partial charge is 0.123 e. The Balaban J connectivity index is 2.00. The van der Waals surface area contributed by atoms with Crippen LogP contribution < -0.4 is 10.5 Å². The minimum absolute atomic E-state index is 0.0978. The highest BCUT2D eigenvalue weighted by Crippen LogP contribution is 2.15. The Morgan fingerprint density at radius 1 is 0.895 bits per heavy atom. The summed E-state index contributed by atoms with van der Waals surface area (Å²) in [6.45, 7) is -0.376. The van der Waals surface area contributed by atoms with Crippen molar-refractivity contribution >= 4 is 17.8 Å². The molecule has 0 radical (unpaired) electrons. The SMILES string of the molecule is Nc1ccc(/C=C/c2ccc(OCC[18F])cc2)cc1. The van der Waals surface area contributed by atoms with E-state index in [1.807, 2.05) is 60.7 Å². The Kier molecular flexibility index (Phi) is 4.56. The minimum Gasteiger partial charge on any atom is -0.491 e. The van der Waals surface area contributed by atoms with Crippen LogP contribution in [0.1, 0.15) is 11.1 Å². The van der Waals surface area contributed by atoms with Gasteiger partial charge in [0.15, 0.2) is 0 Å². The van der Waals surface area contributed by atoms with Gasteiger partial charge in [-0.1, -0.05) is 36.4 Å². The number of anilines is 1. The number of nitrogens with two attached hydrogens (primary N) is 1. The molecule has 0 saturated carbocycles. The minimum atomic E-state index is -0.473. The van der Waals surface area contributed by atoms with Crippen LogP contribution in [0, 0.1) is 0 Å². The monoisotopic (exact) mass is 256 g/mol. The molecule has 0 atom stereocenters. The fourth-order valence-electron chi connectivity index (χ4n) is 1.63. The highest BCUT2D eigenvalue weighted by atomic mass is 18.2. The molecule has 0 amide bonds. The lowest BCUT2D eigenvalue weighted by Crippen LogP contribution is -1.98. The second-order valence-corrected chi connectivity index (χ2v) is 4.11. The molecular formula is C16H16FNO.